The monoisotopic (exact) mass is 432 g/mol. The van der Waals surface area contributed by atoms with Crippen LogP contribution in [0.3, 0.4) is 0 Å². The van der Waals surface area contributed by atoms with Crippen LogP contribution < -0.4 is 10.2 Å². The van der Waals surface area contributed by atoms with Gasteiger partial charge < -0.3 is 15.1 Å². The molecule has 0 saturated carbocycles. The summed E-state index contributed by atoms with van der Waals surface area (Å²) in [7, 11) is 0. The average molecular weight is 433 g/mol. The predicted octanol–water partition coefficient (Wildman–Crippen LogP) is 2.80. The molecule has 0 atom stereocenters. The highest BCUT2D eigenvalue weighted by Crippen LogP contribution is 2.23. The lowest BCUT2D eigenvalue weighted by Gasteiger charge is -2.37. The van der Waals surface area contributed by atoms with Crippen LogP contribution in [0.1, 0.15) is 27.4 Å². The molecule has 1 aliphatic rings. The first kappa shape index (κ1) is 21.5. The third-order valence-electron chi connectivity index (χ3n) is 5.68. The molecule has 8 nitrogen and oxygen atoms in total. The number of hydrogen-bond donors (Lipinski definition) is 1. The fourth-order valence-corrected chi connectivity index (χ4v) is 3.94. The number of carbonyl (C=O) groups is 2. The minimum absolute atomic E-state index is 0.0637. The Balaban J connectivity index is 1.40. The molecule has 0 aliphatic carbocycles. The van der Waals surface area contributed by atoms with Gasteiger partial charge >= 0.3 is 0 Å². The molecule has 1 saturated heterocycles. The third kappa shape index (κ3) is 4.80. The molecule has 0 radical (unpaired) electrons. The van der Waals surface area contributed by atoms with E-state index in [1.54, 1.807) is 10.9 Å². The predicted molar refractivity (Wildman–Crippen MR) is 124 cm³/mol. The SMILES string of the molecule is Cc1ccc(NC(=O)c2ccccc2N2CCN(C(=O)Cn3nc(C)cc3C)CC2)cn1. The molecular weight excluding hydrogens is 404 g/mol. The lowest BCUT2D eigenvalue weighted by molar-refractivity contribution is -0.132. The Morgan fingerprint density at radius 2 is 1.72 bits per heavy atom. The summed E-state index contributed by atoms with van der Waals surface area (Å²) in [5.74, 6) is -0.108. The summed E-state index contributed by atoms with van der Waals surface area (Å²) in [5, 5.41) is 7.31. The number of pyridine rings is 1. The Morgan fingerprint density at radius 3 is 2.38 bits per heavy atom. The summed E-state index contributed by atoms with van der Waals surface area (Å²) < 4.78 is 1.75. The van der Waals surface area contributed by atoms with Crippen molar-refractivity contribution in [2.75, 3.05) is 36.4 Å². The van der Waals surface area contributed by atoms with E-state index >= 15 is 0 Å². The molecule has 1 N–H and O–H groups in total. The van der Waals surface area contributed by atoms with Gasteiger partial charge in [0.25, 0.3) is 5.91 Å². The molecule has 0 unspecified atom stereocenters. The molecule has 3 aromatic rings. The first-order valence-corrected chi connectivity index (χ1v) is 10.8. The molecule has 0 bridgehead atoms. The van der Waals surface area contributed by atoms with E-state index in [1.807, 2.05) is 68.1 Å². The maximum Gasteiger partial charge on any atom is 0.257 e. The number of amides is 2. The molecular formula is C24H28N6O2. The van der Waals surface area contributed by atoms with Gasteiger partial charge in [0.1, 0.15) is 6.54 Å². The number of aromatic nitrogens is 3. The van der Waals surface area contributed by atoms with Crippen LogP contribution in [0.5, 0.6) is 0 Å². The van der Waals surface area contributed by atoms with Gasteiger partial charge in [-0.2, -0.15) is 5.10 Å². The highest BCUT2D eigenvalue weighted by molar-refractivity contribution is 6.08. The highest BCUT2D eigenvalue weighted by atomic mass is 16.2. The molecule has 0 spiro atoms. The zero-order valence-corrected chi connectivity index (χ0v) is 18.7. The van der Waals surface area contributed by atoms with Crippen molar-refractivity contribution in [3.8, 4) is 0 Å². The van der Waals surface area contributed by atoms with E-state index in [1.165, 1.54) is 0 Å². The van der Waals surface area contributed by atoms with E-state index in [0.29, 0.717) is 37.4 Å². The number of piperazine rings is 1. The average Bonchev–Trinajstić information content (AvgIpc) is 3.11. The van der Waals surface area contributed by atoms with Crippen LogP contribution in [0.25, 0.3) is 0 Å². The van der Waals surface area contributed by atoms with Gasteiger partial charge in [-0.15, -0.1) is 0 Å². The molecule has 1 fully saturated rings. The fourth-order valence-electron chi connectivity index (χ4n) is 3.94. The minimum Gasteiger partial charge on any atom is -0.367 e. The first-order chi connectivity index (χ1) is 15.4. The van der Waals surface area contributed by atoms with Gasteiger partial charge in [-0.05, 0) is 51.1 Å². The molecule has 2 amide bonds. The Morgan fingerprint density at radius 1 is 0.969 bits per heavy atom. The third-order valence-corrected chi connectivity index (χ3v) is 5.68. The van der Waals surface area contributed by atoms with E-state index in [9.17, 15) is 9.59 Å². The Bertz CT molecular complexity index is 1110. The molecule has 4 rings (SSSR count). The number of carbonyl (C=O) groups excluding carboxylic acids is 2. The minimum atomic E-state index is -0.172. The summed E-state index contributed by atoms with van der Waals surface area (Å²) in [6.45, 7) is 8.59. The van der Waals surface area contributed by atoms with Crippen molar-refractivity contribution in [1.29, 1.82) is 0 Å². The van der Waals surface area contributed by atoms with Crippen molar-refractivity contribution < 1.29 is 9.59 Å². The van der Waals surface area contributed by atoms with Crippen LogP contribution in [0.15, 0.2) is 48.7 Å². The largest absolute Gasteiger partial charge is 0.367 e. The van der Waals surface area contributed by atoms with Crippen LogP contribution in [0, 0.1) is 20.8 Å². The topological polar surface area (TPSA) is 83.4 Å². The molecule has 1 aliphatic heterocycles. The molecule has 2 aromatic heterocycles. The van der Waals surface area contributed by atoms with Gasteiger partial charge in [0, 0.05) is 43.3 Å². The van der Waals surface area contributed by atoms with Gasteiger partial charge in [-0.3, -0.25) is 19.3 Å². The maximum absolute atomic E-state index is 12.9. The Kier molecular flexibility index (Phi) is 6.20. The second-order valence-corrected chi connectivity index (χ2v) is 8.11. The second kappa shape index (κ2) is 9.21. The van der Waals surface area contributed by atoms with E-state index in [2.05, 4.69) is 20.3 Å². The van der Waals surface area contributed by atoms with Crippen molar-refractivity contribution in [3.05, 3.63) is 71.3 Å². The summed E-state index contributed by atoms with van der Waals surface area (Å²) >= 11 is 0. The number of aryl methyl sites for hydroxylation is 3. The smallest absolute Gasteiger partial charge is 0.257 e. The number of nitrogens with one attached hydrogen (secondary N) is 1. The van der Waals surface area contributed by atoms with Crippen LogP contribution >= 0.6 is 0 Å². The van der Waals surface area contributed by atoms with E-state index in [-0.39, 0.29) is 18.4 Å². The lowest BCUT2D eigenvalue weighted by Crippen LogP contribution is -2.50. The number of nitrogens with zero attached hydrogens (tertiary/aromatic N) is 5. The molecule has 8 heteroatoms. The van der Waals surface area contributed by atoms with Gasteiger partial charge in [-0.25, -0.2) is 0 Å². The van der Waals surface area contributed by atoms with Crippen LogP contribution in [-0.2, 0) is 11.3 Å². The quantitative estimate of drug-likeness (QED) is 0.670. The number of hydrogen-bond acceptors (Lipinski definition) is 5. The zero-order valence-electron chi connectivity index (χ0n) is 18.7. The molecule has 166 valence electrons. The van der Waals surface area contributed by atoms with Gasteiger partial charge in [-0.1, -0.05) is 12.1 Å². The Hall–Kier alpha value is -3.68. The summed E-state index contributed by atoms with van der Waals surface area (Å²) in [4.78, 5) is 33.9. The van der Waals surface area contributed by atoms with E-state index < -0.39 is 0 Å². The first-order valence-electron chi connectivity index (χ1n) is 10.8. The standard InChI is InChI=1S/C24H28N6O2/c1-17-8-9-20(15-25-17)26-24(32)21-6-4-5-7-22(21)28-10-12-29(13-11-28)23(31)16-30-19(3)14-18(2)27-30/h4-9,14-15H,10-13,16H2,1-3H3,(H,26,32). The number of benzene rings is 1. The van der Waals surface area contributed by atoms with Crippen molar-refractivity contribution in [2.45, 2.75) is 27.3 Å². The van der Waals surface area contributed by atoms with Gasteiger partial charge in [0.2, 0.25) is 5.91 Å². The van der Waals surface area contributed by atoms with Crippen LogP contribution in [0.4, 0.5) is 11.4 Å². The molecule has 3 heterocycles. The van der Waals surface area contributed by atoms with Gasteiger partial charge in [0.05, 0.1) is 23.1 Å². The Labute approximate surface area is 187 Å². The van der Waals surface area contributed by atoms with Crippen molar-refractivity contribution in [1.82, 2.24) is 19.7 Å². The second-order valence-electron chi connectivity index (χ2n) is 8.11. The fraction of sp³-hybridized carbons (Fsp3) is 0.333. The van der Waals surface area contributed by atoms with Crippen molar-refractivity contribution in [2.24, 2.45) is 0 Å². The lowest BCUT2D eigenvalue weighted by atomic mass is 10.1. The molecule has 32 heavy (non-hydrogen) atoms. The normalized spacial score (nSPS) is 13.8. The number of anilines is 2. The number of para-hydroxylation sites is 1. The highest BCUT2D eigenvalue weighted by Gasteiger charge is 2.24. The summed E-state index contributed by atoms with van der Waals surface area (Å²) in [6, 6.07) is 13.3. The summed E-state index contributed by atoms with van der Waals surface area (Å²) in [6.07, 6.45) is 1.66. The van der Waals surface area contributed by atoms with E-state index in [4.69, 9.17) is 0 Å². The van der Waals surface area contributed by atoms with Crippen LogP contribution in [0.2, 0.25) is 0 Å². The van der Waals surface area contributed by atoms with Crippen molar-refractivity contribution >= 4 is 23.2 Å². The summed E-state index contributed by atoms with van der Waals surface area (Å²) in [5.41, 5.74) is 4.93. The van der Waals surface area contributed by atoms with E-state index in [0.717, 1.165) is 22.8 Å². The number of rotatable bonds is 5. The van der Waals surface area contributed by atoms with Crippen molar-refractivity contribution in [3.63, 3.8) is 0 Å². The maximum atomic E-state index is 12.9. The van der Waals surface area contributed by atoms with Gasteiger partial charge in [0.15, 0.2) is 0 Å². The van der Waals surface area contributed by atoms with Crippen LogP contribution in [-0.4, -0.2) is 57.7 Å². The molecule has 1 aromatic carbocycles. The zero-order chi connectivity index (χ0) is 22.7.